The molecule has 2 N–H and O–H groups in total. The van der Waals surface area contributed by atoms with E-state index in [1.165, 1.54) is 18.2 Å². The molecule has 2 aromatic carbocycles. The molecule has 0 spiro atoms. The highest BCUT2D eigenvalue weighted by molar-refractivity contribution is 6.34. The molecule has 1 atom stereocenters. The number of anilines is 1. The van der Waals surface area contributed by atoms with E-state index in [-0.39, 0.29) is 28.3 Å². The average molecular weight is 348 g/mol. The van der Waals surface area contributed by atoms with Gasteiger partial charge in [-0.15, -0.1) is 0 Å². The van der Waals surface area contributed by atoms with E-state index in [1.54, 1.807) is 24.3 Å². The number of rotatable bonds is 6. The number of carboxylic acid groups (broad SMARTS) is 1. The van der Waals surface area contributed by atoms with Crippen LogP contribution >= 0.6 is 11.6 Å². The molecular formula is C18H18ClNO4. The summed E-state index contributed by atoms with van der Waals surface area (Å²) in [6.45, 7) is 4.00. The second-order valence-corrected chi connectivity index (χ2v) is 5.72. The molecule has 0 aromatic heterocycles. The summed E-state index contributed by atoms with van der Waals surface area (Å²) in [4.78, 5) is 23.3. The minimum Gasteiger partial charge on any atom is -0.491 e. The molecule has 1 amide bonds. The molecule has 0 aliphatic rings. The predicted molar refractivity (Wildman–Crippen MR) is 93.2 cm³/mol. The van der Waals surface area contributed by atoms with Gasteiger partial charge in [0.15, 0.2) is 0 Å². The van der Waals surface area contributed by atoms with Crippen LogP contribution < -0.4 is 10.1 Å². The summed E-state index contributed by atoms with van der Waals surface area (Å²) in [6.07, 6.45) is 0.989. The first-order chi connectivity index (χ1) is 11.4. The standard InChI is InChI=1S/C18H18ClNO4/c1-3-11(2)24-14-7-4-12(5-8-14)17(21)20-16-10-13(18(22)23)6-9-15(16)19/h4-11H,3H2,1-2H3,(H,20,21)(H,22,23)/t11-/m0/s1. The maximum absolute atomic E-state index is 12.3. The van der Waals surface area contributed by atoms with Crippen molar-refractivity contribution in [1.29, 1.82) is 0 Å². The summed E-state index contributed by atoms with van der Waals surface area (Å²) < 4.78 is 5.66. The fraction of sp³-hybridized carbons (Fsp3) is 0.222. The van der Waals surface area contributed by atoms with Crippen molar-refractivity contribution < 1.29 is 19.4 Å². The van der Waals surface area contributed by atoms with Crippen LogP contribution in [-0.2, 0) is 0 Å². The number of hydrogen-bond donors (Lipinski definition) is 2. The van der Waals surface area contributed by atoms with Gasteiger partial charge in [-0.1, -0.05) is 18.5 Å². The van der Waals surface area contributed by atoms with E-state index in [4.69, 9.17) is 21.4 Å². The smallest absolute Gasteiger partial charge is 0.335 e. The zero-order chi connectivity index (χ0) is 17.7. The number of ether oxygens (including phenoxy) is 1. The molecule has 0 radical (unpaired) electrons. The van der Waals surface area contributed by atoms with Crippen molar-refractivity contribution in [2.24, 2.45) is 0 Å². The van der Waals surface area contributed by atoms with Crippen LogP contribution in [0.5, 0.6) is 5.75 Å². The molecule has 24 heavy (non-hydrogen) atoms. The maximum Gasteiger partial charge on any atom is 0.335 e. The van der Waals surface area contributed by atoms with Gasteiger partial charge in [-0.3, -0.25) is 4.79 Å². The van der Waals surface area contributed by atoms with Gasteiger partial charge >= 0.3 is 5.97 Å². The molecular weight excluding hydrogens is 330 g/mol. The molecule has 126 valence electrons. The average Bonchev–Trinajstić information content (AvgIpc) is 2.57. The van der Waals surface area contributed by atoms with Crippen LogP contribution in [0.1, 0.15) is 41.0 Å². The number of hydrogen-bond acceptors (Lipinski definition) is 3. The lowest BCUT2D eigenvalue weighted by Crippen LogP contribution is -2.13. The molecule has 0 heterocycles. The highest BCUT2D eigenvalue weighted by atomic mass is 35.5. The quantitative estimate of drug-likeness (QED) is 0.808. The summed E-state index contributed by atoms with van der Waals surface area (Å²) in [5.41, 5.74) is 0.719. The van der Waals surface area contributed by atoms with Crippen molar-refractivity contribution in [1.82, 2.24) is 0 Å². The van der Waals surface area contributed by atoms with Crippen LogP contribution in [0.2, 0.25) is 5.02 Å². The van der Waals surface area contributed by atoms with E-state index in [1.807, 2.05) is 13.8 Å². The zero-order valence-corrected chi connectivity index (χ0v) is 14.1. The van der Waals surface area contributed by atoms with Gasteiger partial charge in [0, 0.05) is 5.56 Å². The number of benzene rings is 2. The predicted octanol–water partition coefficient (Wildman–Crippen LogP) is 4.47. The fourth-order valence-electron chi connectivity index (χ4n) is 1.95. The van der Waals surface area contributed by atoms with Crippen molar-refractivity contribution in [3.05, 3.63) is 58.6 Å². The lowest BCUT2D eigenvalue weighted by atomic mass is 10.1. The maximum atomic E-state index is 12.3. The molecule has 0 aliphatic carbocycles. The summed E-state index contributed by atoms with van der Waals surface area (Å²) in [7, 11) is 0. The number of amides is 1. The van der Waals surface area contributed by atoms with Crippen molar-refractivity contribution >= 4 is 29.2 Å². The Morgan fingerprint density at radius 1 is 1.17 bits per heavy atom. The normalized spacial score (nSPS) is 11.6. The van der Waals surface area contributed by atoms with Crippen molar-refractivity contribution in [2.75, 3.05) is 5.32 Å². The molecule has 0 aliphatic heterocycles. The minimum atomic E-state index is -1.09. The summed E-state index contributed by atoms with van der Waals surface area (Å²) in [5.74, 6) is -0.782. The lowest BCUT2D eigenvalue weighted by Gasteiger charge is -2.13. The van der Waals surface area contributed by atoms with E-state index in [0.717, 1.165) is 6.42 Å². The number of aromatic carboxylic acids is 1. The van der Waals surface area contributed by atoms with Gasteiger partial charge in [0.2, 0.25) is 0 Å². The Kier molecular flexibility index (Phi) is 5.82. The Hall–Kier alpha value is -2.53. The highest BCUT2D eigenvalue weighted by Gasteiger charge is 2.12. The molecule has 2 aromatic rings. The Morgan fingerprint density at radius 2 is 1.79 bits per heavy atom. The zero-order valence-electron chi connectivity index (χ0n) is 13.4. The summed E-state index contributed by atoms with van der Waals surface area (Å²) in [5, 5.41) is 11.9. The monoisotopic (exact) mass is 347 g/mol. The van der Waals surface area contributed by atoms with Crippen LogP contribution in [0.15, 0.2) is 42.5 Å². The molecule has 0 saturated carbocycles. The third-order valence-corrected chi connectivity index (χ3v) is 3.82. The third-order valence-electron chi connectivity index (χ3n) is 3.49. The van der Waals surface area contributed by atoms with Gasteiger partial charge < -0.3 is 15.2 Å². The van der Waals surface area contributed by atoms with Gasteiger partial charge in [-0.2, -0.15) is 0 Å². The van der Waals surface area contributed by atoms with E-state index in [0.29, 0.717) is 11.3 Å². The minimum absolute atomic E-state index is 0.0481. The van der Waals surface area contributed by atoms with Gasteiger partial charge in [0.1, 0.15) is 5.75 Å². The number of nitrogens with one attached hydrogen (secondary N) is 1. The SMILES string of the molecule is CC[C@H](C)Oc1ccc(C(=O)Nc2cc(C(=O)O)ccc2Cl)cc1. The third kappa shape index (κ3) is 4.49. The Bertz CT molecular complexity index is 743. The van der Waals surface area contributed by atoms with Gasteiger partial charge in [0.25, 0.3) is 5.91 Å². The molecule has 0 unspecified atom stereocenters. The fourth-order valence-corrected chi connectivity index (χ4v) is 2.11. The molecule has 0 saturated heterocycles. The van der Waals surface area contributed by atoms with E-state index >= 15 is 0 Å². The first-order valence-corrected chi connectivity index (χ1v) is 7.89. The second-order valence-electron chi connectivity index (χ2n) is 5.31. The molecule has 0 fully saturated rings. The number of carboxylic acids is 1. The van der Waals surface area contributed by atoms with Gasteiger partial charge in [-0.05, 0) is 55.8 Å². The van der Waals surface area contributed by atoms with E-state index < -0.39 is 5.97 Å². The van der Waals surface area contributed by atoms with E-state index in [2.05, 4.69) is 5.32 Å². The van der Waals surface area contributed by atoms with Gasteiger partial charge in [-0.25, -0.2) is 4.79 Å². The summed E-state index contributed by atoms with van der Waals surface area (Å²) in [6, 6.07) is 10.9. The van der Waals surface area contributed by atoms with Crippen LogP contribution in [0.3, 0.4) is 0 Å². The van der Waals surface area contributed by atoms with Crippen molar-refractivity contribution in [3.63, 3.8) is 0 Å². The topological polar surface area (TPSA) is 75.6 Å². The van der Waals surface area contributed by atoms with Crippen molar-refractivity contribution in [2.45, 2.75) is 26.4 Å². The van der Waals surface area contributed by atoms with Gasteiger partial charge in [0.05, 0.1) is 22.4 Å². The number of carbonyl (C=O) groups excluding carboxylic acids is 1. The summed E-state index contributed by atoms with van der Waals surface area (Å²) >= 11 is 6.00. The molecule has 0 bridgehead atoms. The first kappa shape index (κ1) is 17.8. The van der Waals surface area contributed by atoms with Crippen molar-refractivity contribution in [3.8, 4) is 5.75 Å². The molecule has 2 rings (SSSR count). The Labute approximate surface area is 145 Å². The second kappa shape index (κ2) is 7.84. The Balaban J connectivity index is 2.12. The first-order valence-electron chi connectivity index (χ1n) is 7.51. The van der Waals surface area contributed by atoms with Crippen LogP contribution in [0.4, 0.5) is 5.69 Å². The van der Waals surface area contributed by atoms with E-state index in [9.17, 15) is 9.59 Å². The van der Waals surface area contributed by atoms with Crippen LogP contribution in [0, 0.1) is 0 Å². The van der Waals surface area contributed by atoms with Crippen LogP contribution in [0.25, 0.3) is 0 Å². The van der Waals surface area contributed by atoms with Crippen LogP contribution in [-0.4, -0.2) is 23.1 Å². The number of halogens is 1. The molecule has 5 nitrogen and oxygen atoms in total. The largest absolute Gasteiger partial charge is 0.491 e. The molecule has 6 heteroatoms. The highest BCUT2D eigenvalue weighted by Crippen LogP contribution is 2.24. The lowest BCUT2D eigenvalue weighted by molar-refractivity contribution is 0.0696. The Morgan fingerprint density at radius 3 is 2.38 bits per heavy atom. The number of carbonyl (C=O) groups is 2.